The zero-order chi connectivity index (χ0) is 12.5. The van der Waals surface area contributed by atoms with E-state index in [4.69, 9.17) is 5.11 Å². The van der Waals surface area contributed by atoms with Crippen LogP contribution in [0.2, 0.25) is 0 Å². The van der Waals surface area contributed by atoms with E-state index in [1.807, 2.05) is 0 Å². The van der Waals surface area contributed by atoms with E-state index in [9.17, 15) is 4.79 Å². The monoisotopic (exact) mass is 235 g/mol. The van der Waals surface area contributed by atoms with Gasteiger partial charge in [-0.05, 0) is 30.7 Å². The van der Waals surface area contributed by atoms with Crippen molar-refractivity contribution in [3.8, 4) is 0 Å². The van der Waals surface area contributed by atoms with Crippen LogP contribution in [0.25, 0.3) is 0 Å². The lowest BCUT2D eigenvalue weighted by Gasteiger charge is -2.18. The number of carboxylic acids is 1. The molecule has 1 unspecified atom stereocenters. The van der Waals surface area contributed by atoms with Crippen molar-refractivity contribution in [1.82, 2.24) is 10.2 Å². The summed E-state index contributed by atoms with van der Waals surface area (Å²) in [6, 6.07) is 1.76. The number of rotatable bonds is 3. The molecule has 0 bridgehead atoms. The van der Waals surface area contributed by atoms with Gasteiger partial charge in [0.1, 0.15) is 5.56 Å². The van der Waals surface area contributed by atoms with Gasteiger partial charge >= 0.3 is 5.97 Å². The van der Waals surface area contributed by atoms with Gasteiger partial charge in [-0.2, -0.15) is 5.10 Å². The van der Waals surface area contributed by atoms with Crippen LogP contribution in [-0.4, -0.2) is 27.3 Å². The maximum Gasteiger partial charge on any atom is 0.339 e. The smallest absolute Gasteiger partial charge is 0.339 e. The highest BCUT2D eigenvalue weighted by molar-refractivity contribution is 5.92. The maximum atomic E-state index is 11.0. The van der Waals surface area contributed by atoms with E-state index < -0.39 is 5.97 Å². The summed E-state index contributed by atoms with van der Waals surface area (Å²) in [4.78, 5) is 11.0. The molecule has 0 spiro atoms. The van der Waals surface area contributed by atoms with Gasteiger partial charge in [0.25, 0.3) is 0 Å². The van der Waals surface area contributed by atoms with Crippen molar-refractivity contribution in [3.63, 3.8) is 0 Å². The van der Waals surface area contributed by atoms with Crippen molar-refractivity contribution in [2.45, 2.75) is 39.2 Å². The lowest BCUT2D eigenvalue weighted by molar-refractivity contribution is 0.0697. The van der Waals surface area contributed by atoms with E-state index in [0.717, 1.165) is 19.3 Å². The van der Waals surface area contributed by atoms with Gasteiger partial charge < -0.3 is 10.4 Å². The molecule has 0 aromatic carbocycles. The Hall–Kier alpha value is -1.65. The summed E-state index contributed by atoms with van der Waals surface area (Å²) < 4.78 is 0. The molecule has 1 aromatic heterocycles. The molecule has 0 aliphatic heterocycles. The second-order valence-electron chi connectivity index (χ2n) is 5.35. The van der Waals surface area contributed by atoms with Gasteiger partial charge in [-0.3, -0.25) is 0 Å². The number of aromatic carboxylic acids is 1. The summed E-state index contributed by atoms with van der Waals surface area (Å²) in [5.41, 5.74) is 0.508. The highest BCUT2D eigenvalue weighted by Crippen LogP contribution is 2.38. The number of nitrogens with one attached hydrogen (secondary N) is 1. The van der Waals surface area contributed by atoms with E-state index in [2.05, 4.69) is 29.4 Å². The molecule has 92 valence electrons. The quantitative estimate of drug-likeness (QED) is 0.839. The number of hydrogen-bond acceptors (Lipinski definition) is 4. The third-order valence-corrected chi connectivity index (χ3v) is 3.26. The summed E-state index contributed by atoms with van der Waals surface area (Å²) in [6.45, 7) is 4.45. The molecule has 1 heterocycles. The molecule has 1 aromatic rings. The Labute approximate surface area is 100 Å². The Bertz CT molecular complexity index is 432. The highest BCUT2D eigenvalue weighted by Gasteiger charge is 2.31. The van der Waals surface area contributed by atoms with Gasteiger partial charge in [0.15, 0.2) is 5.82 Å². The fourth-order valence-electron chi connectivity index (χ4n) is 2.36. The first-order valence-corrected chi connectivity index (χ1v) is 5.79. The molecule has 17 heavy (non-hydrogen) atoms. The molecule has 0 radical (unpaired) electrons. The standard InChI is InChI=1S/C12H17N3O2/c1-12(2)5-3-8(7-12)14-10-9(11(16)17)4-6-13-15-10/h4,6,8H,3,5,7H2,1-2H3,(H,14,15)(H,16,17). The molecule has 2 rings (SSSR count). The van der Waals surface area contributed by atoms with Crippen molar-refractivity contribution in [1.29, 1.82) is 0 Å². The largest absolute Gasteiger partial charge is 0.478 e. The van der Waals surface area contributed by atoms with E-state index in [-0.39, 0.29) is 5.56 Å². The second kappa shape index (κ2) is 4.31. The SMILES string of the molecule is CC1(C)CCC(Nc2nnccc2C(=O)O)C1. The van der Waals surface area contributed by atoms with Crippen molar-refractivity contribution in [2.75, 3.05) is 5.32 Å². The summed E-state index contributed by atoms with van der Waals surface area (Å²) in [6.07, 6.45) is 4.62. The minimum Gasteiger partial charge on any atom is -0.478 e. The van der Waals surface area contributed by atoms with E-state index >= 15 is 0 Å². The van der Waals surface area contributed by atoms with Crippen LogP contribution in [0.3, 0.4) is 0 Å². The molecule has 0 saturated heterocycles. The zero-order valence-corrected chi connectivity index (χ0v) is 10.1. The van der Waals surface area contributed by atoms with Crippen LogP contribution in [0.4, 0.5) is 5.82 Å². The first-order chi connectivity index (χ1) is 7.98. The highest BCUT2D eigenvalue weighted by atomic mass is 16.4. The van der Waals surface area contributed by atoms with Crippen molar-refractivity contribution >= 4 is 11.8 Å². The number of carbonyl (C=O) groups is 1. The topological polar surface area (TPSA) is 75.1 Å². The molecular weight excluding hydrogens is 218 g/mol. The first kappa shape index (κ1) is 11.8. The zero-order valence-electron chi connectivity index (χ0n) is 10.1. The Kier molecular flexibility index (Phi) is 3.00. The minimum atomic E-state index is -0.973. The van der Waals surface area contributed by atoms with Crippen LogP contribution in [-0.2, 0) is 0 Å². The van der Waals surface area contributed by atoms with Crippen LogP contribution < -0.4 is 5.32 Å². The predicted molar refractivity (Wildman–Crippen MR) is 64.0 cm³/mol. The third-order valence-electron chi connectivity index (χ3n) is 3.26. The molecule has 0 amide bonds. The molecule has 1 aliphatic carbocycles. The summed E-state index contributed by atoms with van der Waals surface area (Å²) in [5, 5.41) is 19.8. The molecule has 5 nitrogen and oxygen atoms in total. The van der Waals surface area contributed by atoms with Gasteiger partial charge in [-0.1, -0.05) is 13.8 Å². The van der Waals surface area contributed by atoms with Gasteiger partial charge in [0.2, 0.25) is 0 Å². The minimum absolute atomic E-state index is 0.185. The van der Waals surface area contributed by atoms with Crippen molar-refractivity contribution in [2.24, 2.45) is 5.41 Å². The van der Waals surface area contributed by atoms with Crippen LogP contribution in [0.5, 0.6) is 0 Å². The fourth-order valence-corrected chi connectivity index (χ4v) is 2.36. The molecule has 1 fully saturated rings. The van der Waals surface area contributed by atoms with Gasteiger partial charge in [0, 0.05) is 6.04 Å². The summed E-state index contributed by atoms with van der Waals surface area (Å²) in [7, 11) is 0. The van der Waals surface area contributed by atoms with Crippen LogP contribution >= 0.6 is 0 Å². The van der Waals surface area contributed by atoms with Crippen LogP contribution in [0.15, 0.2) is 12.3 Å². The van der Waals surface area contributed by atoms with E-state index in [1.54, 1.807) is 0 Å². The Morgan fingerprint density at radius 1 is 1.59 bits per heavy atom. The summed E-state index contributed by atoms with van der Waals surface area (Å²) >= 11 is 0. The second-order valence-corrected chi connectivity index (χ2v) is 5.35. The van der Waals surface area contributed by atoms with Gasteiger partial charge in [-0.15, -0.1) is 5.10 Å². The normalized spacial score (nSPS) is 22.4. The molecule has 5 heteroatoms. The fraction of sp³-hybridized carbons (Fsp3) is 0.583. The number of nitrogens with zero attached hydrogens (tertiary/aromatic N) is 2. The average molecular weight is 235 g/mol. The molecule has 2 N–H and O–H groups in total. The lowest BCUT2D eigenvalue weighted by atomic mass is 9.92. The first-order valence-electron chi connectivity index (χ1n) is 5.79. The Morgan fingerprint density at radius 2 is 2.35 bits per heavy atom. The summed E-state index contributed by atoms with van der Waals surface area (Å²) in [5.74, 6) is -0.595. The predicted octanol–water partition coefficient (Wildman–Crippen LogP) is 2.17. The molecular formula is C12H17N3O2. The van der Waals surface area contributed by atoms with E-state index in [0.29, 0.717) is 17.3 Å². The number of anilines is 1. The average Bonchev–Trinajstić information content (AvgIpc) is 2.58. The molecule has 1 aliphatic rings. The van der Waals surface area contributed by atoms with Crippen molar-refractivity contribution in [3.05, 3.63) is 17.8 Å². The molecule has 1 atom stereocenters. The van der Waals surface area contributed by atoms with Gasteiger partial charge in [-0.25, -0.2) is 4.79 Å². The Morgan fingerprint density at radius 3 is 2.94 bits per heavy atom. The van der Waals surface area contributed by atoms with E-state index in [1.165, 1.54) is 12.3 Å². The van der Waals surface area contributed by atoms with Crippen LogP contribution in [0, 0.1) is 5.41 Å². The molecule has 1 saturated carbocycles. The van der Waals surface area contributed by atoms with Gasteiger partial charge in [0.05, 0.1) is 6.20 Å². The van der Waals surface area contributed by atoms with Crippen LogP contribution in [0.1, 0.15) is 43.5 Å². The lowest BCUT2D eigenvalue weighted by Crippen LogP contribution is -2.20. The third kappa shape index (κ3) is 2.72. The number of hydrogen-bond donors (Lipinski definition) is 2. The number of carboxylic acid groups (broad SMARTS) is 1. The maximum absolute atomic E-state index is 11.0. The number of aromatic nitrogens is 2. The Balaban J connectivity index is 2.12. The van der Waals surface area contributed by atoms with Crippen molar-refractivity contribution < 1.29 is 9.90 Å².